The second-order valence-electron chi connectivity index (χ2n) is 5.20. The molecule has 0 fully saturated rings. The lowest BCUT2D eigenvalue weighted by molar-refractivity contribution is 0.912. The van der Waals surface area contributed by atoms with Gasteiger partial charge < -0.3 is 10.7 Å². The Kier molecular flexibility index (Phi) is 2.15. The number of benzene rings is 2. The number of rotatable bonds is 1. The van der Waals surface area contributed by atoms with Crippen LogP contribution in [0.4, 0.5) is 5.69 Å². The SMILES string of the molecule is Nc1ccc2[nH]c(-c3ccc4c(c3)CCC4)nc2c1. The maximum atomic E-state index is 5.79. The standard InChI is InChI=1S/C16H15N3/c17-13-6-7-14-15(9-13)19-16(18-14)12-5-4-10-2-1-3-11(10)8-12/h4-9H,1-3,17H2,(H,18,19). The van der Waals surface area contributed by atoms with Crippen molar-refractivity contribution in [2.24, 2.45) is 0 Å². The van der Waals surface area contributed by atoms with Gasteiger partial charge in [0.2, 0.25) is 0 Å². The van der Waals surface area contributed by atoms with Crippen molar-refractivity contribution in [2.45, 2.75) is 19.3 Å². The molecular weight excluding hydrogens is 234 g/mol. The number of aromatic nitrogens is 2. The predicted octanol–water partition coefficient (Wildman–Crippen LogP) is 3.30. The molecule has 3 heteroatoms. The summed E-state index contributed by atoms with van der Waals surface area (Å²) in [5.74, 6) is 0.926. The van der Waals surface area contributed by atoms with Crippen LogP contribution in [0.3, 0.4) is 0 Å². The fraction of sp³-hybridized carbons (Fsp3) is 0.188. The highest BCUT2D eigenvalue weighted by Gasteiger charge is 2.13. The van der Waals surface area contributed by atoms with Crippen molar-refractivity contribution in [3.05, 3.63) is 47.5 Å². The van der Waals surface area contributed by atoms with E-state index in [-0.39, 0.29) is 0 Å². The highest BCUT2D eigenvalue weighted by Crippen LogP contribution is 2.28. The molecule has 94 valence electrons. The molecule has 0 saturated heterocycles. The Labute approximate surface area is 111 Å². The molecule has 19 heavy (non-hydrogen) atoms. The number of aryl methyl sites for hydroxylation is 2. The third-order valence-electron chi connectivity index (χ3n) is 3.88. The van der Waals surface area contributed by atoms with Gasteiger partial charge in [-0.15, -0.1) is 0 Å². The van der Waals surface area contributed by atoms with E-state index in [0.717, 1.165) is 28.1 Å². The molecule has 0 aliphatic heterocycles. The van der Waals surface area contributed by atoms with Crippen LogP contribution in [0.1, 0.15) is 17.5 Å². The van der Waals surface area contributed by atoms with Crippen LogP contribution in [0.25, 0.3) is 22.4 Å². The molecule has 1 aliphatic rings. The number of nitrogens with one attached hydrogen (secondary N) is 1. The summed E-state index contributed by atoms with van der Waals surface area (Å²) in [4.78, 5) is 8.00. The van der Waals surface area contributed by atoms with Crippen LogP contribution < -0.4 is 5.73 Å². The first-order chi connectivity index (χ1) is 9.29. The zero-order valence-electron chi connectivity index (χ0n) is 10.6. The van der Waals surface area contributed by atoms with Gasteiger partial charge in [0, 0.05) is 11.3 Å². The van der Waals surface area contributed by atoms with Crippen molar-refractivity contribution in [3.63, 3.8) is 0 Å². The predicted molar refractivity (Wildman–Crippen MR) is 78.0 cm³/mol. The van der Waals surface area contributed by atoms with Crippen LogP contribution in [-0.4, -0.2) is 9.97 Å². The summed E-state index contributed by atoms with van der Waals surface area (Å²) in [6.07, 6.45) is 3.68. The van der Waals surface area contributed by atoms with E-state index in [4.69, 9.17) is 5.73 Å². The van der Waals surface area contributed by atoms with Gasteiger partial charge in [0.15, 0.2) is 0 Å². The summed E-state index contributed by atoms with van der Waals surface area (Å²) < 4.78 is 0. The van der Waals surface area contributed by atoms with Gasteiger partial charge in [0.05, 0.1) is 11.0 Å². The maximum absolute atomic E-state index is 5.79. The molecule has 1 heterocycles. The lowest BCUT2D eigenvalue weighted by Crippen LogP contribution is -1.85. The monoisotopic (exact) mass is 249 g/mol. The second-order valence-corrected chi connectivity index (χ2v) is 5.20. The Balaban J connectivity index is 1.85. The van der Waals surface area contributed by atoms with Crippen LogP contribution in [0, 0.1) is 0 Å². The zero-order chi connectivity index (χ0) is 12.8. The van der Waals surface area contributed by atoms with Crippen LogP contribution in [0.15, 0.2) is 36.4 Å². The minimum absolute atomic E-state index is 0.750. The van der Waals surface area contributed by atoms with Crippen LogP contribution in [0.5, 0.6) is 0 Å². The van der Waals surface area contributed by atoms with Crippen molar-refractivity contribution < 1.29 is 0 Å². The fourth-order valence-electron chi connectivity index (χ4n) is 2.88. The second kappa shape index (κ2) is 3.85. The number of aromatic amines is 1. The average molecular weight is 249 g/mol. The molecule has 4 rings (SSSR count). The van der Waals surface area contributed by atoms with Gasteiger partial charge in [0.1, 0.15) is 5.82 Å². The first kappa shape index (κ1) is 10.6. The Morgan fingerprint density at radius 3 is 2.84 bits per heavy atom. The van der Waals surface area contributed by atoms with Gasteiger partial charge >= 0.3 is 0 Å². The fourth-order valence-corrected chi connectivity index (χ4v) is 2.88. The molecule has 0 amide bonds. The summed E-state index contributed by atoms with van der Waals surface area (Å²) in [5, 5.41) is 0. The number of fused-ring (bicyclic) bond motifs is 2. The third kappa shape index (κ3) is 1.70. The number of H-pyrrole nitrogens is 1. The maximum Gasteiger partial charge on any atom is 0.138 e. The van der Waals surface area contributed by atoms with Crippen LogP contribution >= 0.6 is 0 Å². The normalized spacial score (nSPS) is 13.9. The van der Waals surface area contributed by atoms with E-state index in [1.165, 1.54) is 30.4 Å². The summed E-state index contributed by atoms with van der Waals surface area (Å²) in [7, 11) is 0. The highest BCUT2D eigenvalue weighted by molar-refractivity contribution is 5.82. The van der Waals surface area contributed by atoms with Gasteiger partial charge in [-0.3, -0.25) is 0 Å². The quantitative estimate of drug-likeness (QED) is 0.650. The van der Waals surface area contributed by atoms with Gasteiger partial charge in [-0.2, -0.15) is 0 Å². The van der Waals surface area contributed by atoms with E-state index in [9.17, 15) is 0 Å². The minimum Gasteiger partial charge on any atom is -0.399 e. The number of nitrogen functional groups attached to an aromatic ring is 1. The van der Waals surface area contributed by atoms with Gasteiger partial charge in [-0.05, 0) is 54.7 Å². The zero-order valence-corrected chi connectivity index (χ0v) is 10.6. The van der Waals surface area contributed by atoms with Crippen LogP contribution in [-0.2, 0) is 12.8 Å². The summed E-state index contributed by atoms with van der Waals surface area (Å²) in [6, 6.07) is 12.4. The number of hydrogen-bond acceptors (Lipinski definition) is 2. The Morgan fingerprint density at radius 2 is 1.89 bits per heavy atom. The molecule has 0 saturated carbocycles. The number of hydrogen-bond donors (Lipinski definition) is 2. The van der Waals surface area contributed by atoms with E-state index in [0.29, 0.717) is 0 Å². The van der Waals surface area contributed by atoms with Gasteiger partial charge in [-0.1, -0.05) is 12.1 Å². The lowest BCUT2D eigenvalue weighted by Gasteiger charge is -2.01. The molecule has 0 spiro atoms. The topological polar surface area (TPSA) is 54.7 Å². The first-order valence-electron chi connectivity index (χ1n) is 6.67. The molecule has 3 nitrogen and oxygen atoms in total. The summed E-state index contributed by atoms with van der Waals surface area (Å²) in [6.45, 7) is 0. The molecule has 0 unspecified atom stereocenters. The van der Waals surface area contributed by atoms with Gasteiger partial charge in [0.25, 0.3) is 0 Å². The molecular formula is C16H15N3. The average Bonchev–Trinajstić information content (AvgIpc) is 3.02. The van der Waals surface area contributed by atoms with E-state index in [2.05, 4.69) is 28.2 Å². The van der Waals surface area contributed by atoms with Crippen molar-refractivity contribution in [2.75, 3.05) is 5.73 Å². The number of anilines is 1. The minimum atomic E-state index is 0.750. The van der Waals surface area contributed by atoms with Crippen LogP contribution in [0.2, 0.25) is 0 Å². The molecule has 1 aromatic heterocycles. The molecule has 0 bridgehead atoms. The van der Waals surface area contributed by atoms with E-state index >= 15 is 0 Å². The Hall–Kier alpha value is -2.29. The Bertz CT molecular complexity index is 771. The van der Waals surface area contributed by atoms with Crippen molar-refractivity contribution in [3.8, 4) is 11.4 Å². The van der Waals surface area contributed by atoms with Crippen molar-refractivity contribution in [1.82, 2.24) is 9.97 Å². The molecule has 3 N–H and O–H groups in total. The number of imidazole rings is 1. The Morgan fingerprint density at radius 1 is 1.00 bits per heavy atom. The first-order valence-corrected chi connectivity index (χ1v) is 6.67. The highest BCUT2D eigenvalue weighted by atomic mass is 14.9. The van der Waals surface area contributed by atoms with E-state index < -0.39 is 0 Å². The number of nitrogens with zero attached hydrogens (tertiary/aromatic N) is 1. The molecule has 0 radical (unpaired) electrons. The summed E-state index contributed by atoms with van der Waals surface area (Å²) in [5.41, 5.74) is 12.6. The van der Waals surface area contributed by atoms with Crippen molar-refractivity contribution in [1.29, 1.82) is 0 Å². The largest absolute Gasteiger partial charge is 0.399 e. The number of nitrogens with two attached hydrogens (primary N) is 1. The van der Waals surface area contributed by atoms with E-state index in [1.807, 2.05) is 18.2 Å². The smallest absolute Gasteiger partial charge is 0.138 e. The van der Waals surface area contributed by atoms with Gasteiger partial charge in [-0.25, -0.2) is 4.98 Å². The van der Waals surface area contributed by atoms with Crippen molar-refractivity contribution >= 4 is 16.7 Å². The third-order valence-corrected chi connectivity index (χ3v) is 3.88. The van der Waals surface area contributed by atoms with E-state index in [1.54, 1.807) is 0 Å². The molecule has 2 aromatic carbocycles. The lowest BCUT2D eigenvalue weighted by atomic mass is 10.1. The molecule has 1 aliphatic carbocycles. The molecule has 3 aromatic rings. The summed E-state index contributed by atoms with van der Waals surface area (Å²) >= 11 is 0. The molecule has 0 atom stereocenters.